The number of thiol groups is 1. The largest absolute Gasteiger partial charge is 0.481 e. The molecule has 3 aromatic rings. The number of amides is 3. The number of carbonyl (C=O) groups is 10. The van der Waals surface area contributed by atoms with Crippen molar-refractivity contribution in [2.75, 3.05) is 29.9 Å². The Kier molecular flexibility index (Phi) is 24.6. The van der Waals surface area contributed by atoms with E-state index in [4.69, 9.17) is 28.7 Å². The minimum absolute atomic E-state index is 0.0227. The van der Waals surface area contributed by atoms with Gasteiger partial charge in [-0.25, -0.2) is 14.8 Å². The predicted molar refractivity (Wildman–Crippen MR) is 273 cm³/mol. The van der Waals surface area contributed by atoms with Crippen LogP contribution in [0.25, 0.3) is 11.2 Å². The molecule has 412 valence electrons. The van der Waals surface area contributed by atoms with Crippen LogP contribution in [-0.2, 0) is 49.7 Å². The highest BCUT2D eigenvalue weighted by molar-refractivity contribution is 7.80. The Morgan fingerprint density at radius 1 is 0.658 bits per heavy atom. The zero-order chi connectivity index (χ0) is 56.6. The van der Waals surface area contributed by atoms with Crippen LogP contribution in [0, 0.1) is 17.8 Å². The number of H-pyrrole nitrogens is 1. The molecule has 1 unspecified atom stereocenters. The number of hydrogen-bond donors (Lipinski definition) is 15. The highest BCUT2D eigenvalue weighted by Crippen LogP contribution is 2.21. The van der Waals surface area contributed by atoms with Gasteiger partial charge in [0.05, 0.1) is 49.3 Å². The van der Waals surface area contributed by atoms with E-state index in [1.807, 2.05) is 0 Å². The number of aliphatic imine (C=N–C) groups is 2. The summed E-state index contributed by atoms with van der Waals surface area (Å²) in [6.45, 7) is 0.0237. The van der Waals surface area contributed by atoms with E-state index in [9.17, 15) is 73.2 Å². The normalized spacial score (nSPS) is 13.3. The first-order valence-corrected chi connectivity index (χ1v) is 23.9. The fourth-order valence-electron chi connectivity index (χ4n) is 7.33. The fraction of sp³-hybridized carbons (Fsp3) is 0.467. The summed E-state index contributed by atoms with van der Waals surface area (Å²) in [5.41, 5.74) is 27.6. The molecule has 0 saturated heterocycles. The number of benzene rings is 1. The third kappa shape index (κ3) is 21.4. The van der Waals surface area contributed by atoms with Crippen LogP contribution in [-0.4, -0.2) is 148 Å². The Hall–Kier alpha value is -8.77. The number of aromatic nitrogens is 4. The van der Waals surface area contributed by atoms with E-state index in [1.165, 1.54) is 30.5 Å². The number of anilines is 2. The maximum absolute atomic E-state index is 13.9. The van der Waals surface area contributed by atoms with Crippen molar-refractivity contribution in [2.24, 2.45) is 50.7 Å². The van der Waals surface area contributed by atoms with E-state index in [0.29, 0.717) is 11.4 Å². The Morgan fingerprint density at radius 2 is 1.18 bits per heavy atom. The van der Waals surface area contributed by atoms with Crippen LogP contribution < -0.4 is 55.5 Å². The lowest BCUT2D eigenvalue weighted by atomic mass is 9.90. The Morgan fingerprint density at radius 3 is 1.67 bits per heavy atom. The van der Waals surface area contributed by atoms with Crippen molar-refractivity contribution in [1.82, 2.24) is 35.9 Å². The number of aromatic amines is 1. The Labute approximate surface area is 437 Å². The number of guanidine groups is 2. The van der Waals surface area contributed by atoms with Gasteiger partial charge in [-0.1, -0.05) is 0 Å². The smallest absolute Gasteiger partial charge is 0.326 e. The lowest BCUT2D eigenvalue weighted by molar-refractivity contribution is -0.144. The first kappa shape index (κ1) is 61.5. The molecule has 76 heavy (non-hydrogen) atoms. The number of nitrogens with zero attached hydrogens (tertiary/aromatic N) is 5. The second-order valence-corrected chi connectivity index (χ2v) is 17.6. The number of aliphatic carboxylic acids is 4. The van der Waals surface area contributed by atoms with Gasteiger partial charge >= 0.3 is 23.9 Å². The van der Waals surface area contributed by atoms with Gasteiger partial charge in [-0.2, -0.15) is 17.6 Å². The van der Waals surface area contributed by atoms with Gasteiger partial charge in [-0.05, 0) is 56.4 Å². The van der Waals surface area contributed by atoms with E-state index in [-0.39, 0.29) is 85.7 Å². The molecule has 0 aliphatic carbocycles. The number of ketones is 3. The van der Waals surface area contributed by atoms with Crippen LogP contribution in [0.3, 0.4) is 0 Å². The second-order valence-electron chi connectivity index (χ2n) is 17.2. The molecular formula is C45H61N15O15S. The summed E-state index contributed by atoms with van der Waals surface area (Å²) < 4.78 is 0. The molecular weight excluding hydrogens is 1020 g/mol. The molecule has 3 amide bonds. The van der Waals surface area contributed by atoms with Crippen molar-refractivity contribution in [3.63, 3.8) is 0 Å². The highest BCUT2D eigenvalue weighted by atomic mass is 32.1. The van der Waals surface area contributed by atoms with Gasteiger partial charge in [-0.3, -0.25) is 62.9 Å². The van der Waals surface area contributed by atoms with E-state index in [0.717, 1.165) is 0 Å². The van der Waals surface area contributed by atoms with Crippen molar-refractivity contribution in [3.05, 3.63) is 52.1 Å². The van der Waals surface area contributed by atoms with Crippen molar-refractivity contribution >= 4 is 106 Å². The van der Waals surface area contributed by atoms with Crippen molar-refractivity contribution < 1.29 is 68.4 Å². The average molecular weight is 1080 g/mol. The molecule has 0 aliphatic heterocycles. The molecule has 19 N–H and O–H groups in total. The van der Waals surface area contributed by atoms with E-state index >= 15 is 0 Å². The Balaban J connectivity index is 1.74. The number of Topliss-reactive ketones (excluding diaryl/α,β-unsaturated/α-hetero) is 3. The molecule has 3 rings (SSSR count). The lowest BCUT2D eigenvalue weighted by Crippen LogP contribution is -2.48. The molecule has 1 aromatic carbocycles. The Bertz CT molecular complexity index is 2730. The number of rotatable bonds is 35. The summed E-state index contributed by atoms with van der Waals surface area (Å²) in [7, 11) is 0. The average Bonchev–Trinajstić information content (AvgIpc) is 3.34. The fourth-order valence-corrected chi connectivity index (χ4v) is 7.62. The predicted octanol–water partition coefficient (Wildman–Crippen LogP) is -2.36. The van der Waals surface area contributed by atoms with Gasteiger partial charge in [0.2, 0.25) is 17.8 Å². The van der Waals surface area contributed by atoms with Crippen LogP contribution in [0.5, 0.6) is 0 Å². The maximum atomic E-state index is 13.9. The first-order chi connectivity index (χ1) is 35.9. The van der Waals surface area contributed by atoms with Crippen molar-refractivity contribution in [1.29, 1.82) is 0 Å². The highest BCUT2D eigenvalue weighted by Gasteiger charge is 2.35. The second kappa shape index (κ2) is 30.4. The van der Waals surface area contributed by atoms with Crippen LogP contribution >= 0.6 is 12.6 Å². The lowest BCUT2D eigenvalue weighted by Gasteiger charge is -2.24. The summed E-state index contributed by atoms with van der Waals surface area (Å²) >= 11 is 3.91. The molecule has 31 heteroatoms. The van der Waals surface area contributed by atoms with Gasteiger partial charge in [0.1, 0.15) is 11.8 Å². The third-order valence-electron chi connectivity index (χ3n) is 11.3. The van der Waals surface area contributed by atoms with E-state index < -0.39 is 145 Å². The van der Waals surface area contributed by atoms with Gasteiger partial charge in [0, 0.05) is 67.6 Å². The topological polar surface area (TPSA) is 526 Å². The van der Waals surface area contributed by atoms with Crippen LogP contribution in [0.4, 0.5) is 11.6 Å². The molecule has 0 bridgehead atoms. The zero-order valence-electron chi connectivity index (χ0n) is 40.8. The number of carboxylic acid groups (broad SMARTS) is 4. The molecule has 0 saturated carbocycles. The summed E-state index contributed by atoms with van der Waals surface area (Å²) in [5.74, 6) is -16.5. The molecule has 2 heterocycles. The van der Waals surface area contributed by atoms with Gasteiger partial charge in [0.15, 0.2) is 34.6 Å². The van der Waals surface area contributed by atoms with E-state index in [2.05, 4.69) is 63.8 Å². The van der Waals surface area contributed by atoms with Crippen molar-refractivity contribution in [3.8, 4) is 0 Å². The number of nitrogens with two attached hydrogens (primary N) is 5. The van der Waals surface area contributed by atoms with Crippen LogP contribution in [0.1, 0.15) is 86.7 Å². The van der Waals surface area contributed by atoms with Gasteiger partial charge < -0.3 is 70.4 Å². The van der Waals surface area contributed by atoms with Gasteiger partial charge in [-0.15, -0.1) is 0 Å². The van der Waals surface area contributed by atoms with Crippen molar-refractivity contribution in [2.45, 2.75) is 95.3 Å². The number of nitrogens with one attached hydrogen (secondary N) is 5. The van der Waals surface area contributed by atoms with Crippen LogP contribution in [0.15, 0.2) is 45.2 Å². The summed E-state index contributed by atoms with van der Waals surface area (Å²) in [6.07, 6.45) is -3.73. The van der Waals surface area contributed by atoms with Crippen LogP contribution in [0.2, 0.25) is 0 Å². The number of nitrogen functional groups attached to an aromatic ring is 1. The molecule has 0 radical (unpaired) electrons. The zero-order valence-corrected chi connectivity index (χ0v) is 41.7. The molecule has 2 aromatic heterocycles. The first-order valence-electron chi connectivity index (χ1n) is 23.3. The molecule has 6 atom stereocenters. The summed E-state index contributed by atoms with van der Waals surface area (Å²) in [5, 5.41) is 48.7. The monoisotopic (exact) mass is 1080 g/mol. The molecule has 0 fully saturated rings. The number of carboxylic acids is 4. The number of fused-ring (bicyclic) bond motifs is 1. The molecule has 30 nitrogen and oxygen atoms in total. The maximum Gasteiger partial charge on any atom is 0.326 e. The SMILES string of the molecule is NC(N)=NCCC[C@@H](CC(=O)[C@@H](CC(=O)O)NC(=O)[C@@H](CCCN=C(N)N)CC(=O)CC[C@@H](NC(=O)c1ccc(NCc2cnc3nc(N)[nH]c(=O)c3n2)cc1)C(=O)O)C(=O)NC(CC(=O)O)C(=O)C[C@H](CS)C(=O)O. The molecule has 0 spiro atoms. The third-order valence-corrected chi connectivity index (χ3v) is 11.7. The van der Waals surface area contributed by atoms with E-state index in [1.54, 1.807) is 0 Å². The minimum atomic E-state index is -1.82. The summed E-state index contributed by atoms with van der Waals surface area (Å²) in [6, 6.07) is 0.682. The number of hydrogen-bond acceptors (Lipinski definition) is 19. The molecule has 0 aliphatic rings. The number of carbonyl (C=O) groups excluding carboxylic acids is 6. The van der Waals surface area contributed by atoms with Gasteiger partial charge in [0.25, 0.3) is 11.5 Å². The quantitative estimate of drug-likeness (QED) is 0.0127. The summed E-state index contributed by atoms with van der Waals surface area (Å²) in [4.78, 5) is 163. The standard InChI is InChI=1S/C45H61N15O15S/c46-43(47)51-11-1-3-22(13-27(61)9-10-28(42(74)75)56-37(68)21-5-7-25(8-6-21)53-18-26-19-54-36-35(55-26)40(71)60-45(50)59-36)38(69)57-29(16-33(64)65)31(62)14-23(4-2-12-52-44(48)49)39(70)58-30(17-34(66)67)32(63)15-24(20-76)41(72)73/h5-8,19,22-24,28-30,53,76H,1-4,9-18,20H2,(H,56,68)(H,57,69)(H,58,70)(H,64,65)(H,66,67)(H,72,73)(H,74,75)(H4,46,47,51)(H4,48,49,52)(H3,50,54,59,60,71)/t22-,23-,24+,28+,29+,30?/m0/s1. The minimum Gasteiger partial charge on any atom is -0.481 e.